The maximum atomic E-state index is 12.7. The largest absolute Gasteiger partial charge is 0.395 e. The lowest BCUT2D eigenvalue weighted by Gasteiger charge is -2.34. The third-order valence-electron chi connectivity index (χ3n) is 5.37. The Hall–Kier alpha value is -1.03. The molecule has 0 amide bonds. The molecule has 2 aliphatic heterocycles. The number of aliphatic hydroxyl groups is 1. The number of hydrogen-bond donors (Lipinski definition) is 2. The van der Waals surface area contributed by atoms with Crippen molar-refractivity contribution in [3.63, 3.8) is 0 Å². The van der Waals surface area contributed by atoms with Crippen LogP contribution in [0.3, 0.4) is 0 Å². The number of benzene rings is 1. The summed E-state index contributed by atoms with van der Waals surface area (Å²) in [6, 6.07) is 8.11. The van der Waals surface area contributed by atoms with Gasteiger partial charge < -0.3 is 9.84 Å². The number of likely N-dealkylation sites (tertiary alicyclic amines) is 1. The van der Waals surface area contributed by atoms with Crippen LogP contribution >= 0.6 is 0 Å². The summed E-state index contributed by atoms with van der Waals surface area (Å²) in [5, 5.41) is 9.53. The molecule has 152 valence electrons. The molecule has 2 aliphatic rings. The minimum Gasteiger partial charge on any atom is -0.395 e. The molecule has 1 aromatic carbocycles. The first-order valence-electron chi connectivity index (χ1n) is 9.71. The van der Waals surface area contributed by atoms with E-state index in [0.717, 1.165) is 37.1 Å². The van der Waals surface area contributed by atoms with E-state index < -0.39 is 10.2 Å². The second-order valence-electron chi connectivity index (χ2n) is 7.62. The summed E-state index contributed by atoms with van der Waals surface area (Å²) in [7, 11) is -3.56. The number of rotatable bonds is 7. The molecule has 0 radical (unpaired) electrons. The van der Waals surface area contributed by atoms with E-state index in [9.17, 15) is 13.5 Å². The van der Waals surface area contributed by atoms with Crippen LogP contribution in [0.1, 0.15) is 37.8 Å². The highest BCUT2D eigenvalue weighted by Gasteiger charge is 2.31. The van der Waals surface area contributed by atoms with Gasteiger partial charge in [0.2, 0.25) is 0 Å². The molecule has 8 heteroatoms. The average Bonchev–Trinajstić information content (AvgIpc) is 3.07. The highest BCUT2D eigenvalue weighted by Crippen LogP contribution is 2.22. The normalized spacial score (nSPS) is 27.9. The lowest BCUT2D eigenvalue weighted by Crippen LogP contribution is -2.51. The Morgan fingerprint density at radius 3 is 2.52 bits per heavy atom. The zero-order valence-corrected chi connectivity index (χ0v) is 17.0. The standard InChI is InChI=1S/C19H31N3O4S/c1-15-11-22(12-16(2)26-15)27(24,25)20-10-17-6-3-4-7-18(17)13-21-9-5-8-19(21)14-23/h3-4,6-7,15-16,19-20,23H,5,8-14H2,1-2H3/t15-,16+,19-/m1/s1. The lowest BCUT2D eigenvalue weighted by atomic mass is 10.1. The van der Waals surface area contributed by atoms with Crippen molar-refractivity contribution in [2.45, 2.75) is 58.0 Å². The minimum atomic E-state index is -3.56. The van der Waals surface area contributed by atoms with Crippen molar-refractivity contribution in [1.82, 2.24) is 13.9 Å². The number of nitrogens with one attached hydrogen (secondary N) is 1. The van der Waals surface area contributed by atoms with Gasteiger partial charge in [-0.1, -0.05) is 24.3 Å². The molecule has 3 atom stereocenters. The van der Waals surface area contributed by atoms with E-state index in [2.05, 4.69) is 9.62 Å². The number of ether oxygens (including phenoxy) is 1. The zero-order chi connectivity index (χ0) is 19.4. The first-order chi connectivity index (χ1) is 12.9. The van der Waals surface area contributed by atoms with Crippen LogP contribution in [0.4, 0.5) is 0 Å². The van der Waals surface area contributed by atoms with Gasteiger partial charge >= 0.3 is 0 Å². The molecule has 0 bridgehead atoms. The molecule has 0 aliphatic carbocycles. The molecule has 2 saturated heterocycles. The van der Waals surface area contributed by atoms with Gasteiger partial charge in [-0.15, -0.1) is 0 Å². The molecule has 2 fully saturated rings. The Kier molecular flexibility index (Phi) is 6.88. The summed E-state index contributed by atoms with van der Waals surface area (Å²) in [5.41, 5.74) is 2.07. The van der Waals surface area contributed by atoms with Crippen LogP contribution in [-0.4, -0.2) is 67.2 Å². The Balaban J connectivity index is 1.65. The highest BCUT2D eigenvalue weighted by atomic mass is 32.2. The van der Waals surface area contributed by atoms with Crippen LogP contribution < -0.4 is 4.72 Å². The van der Waals surface area contributed by atoms with Crippen molar-refractivity contribution in [2.75, 3.05) is 26.2 Å². The van der Waals surface area contributed by atoms with Crippen LogP contribution in [0, 0.1) is 0 Å². The summed E-state index contributed by atoms with van der Waals surface area (Å²) in [4.78, 5) is 2.28. The maximum Gasteiger partial charge on any atom is 0.279 e. The molecule has 3 rings (SSSR count). The van der Waals surface area contributed by atoms with E-state index in [0.29, 0.717) is 13.1 Å². The fourth-order valence-electron chi connectivity index (χ4n) is 4.00. The third kappa shape index (κ3) is 5.28. The fraction of sp³-hybridized carbons (Fsp3) is 0.684. The Labute approximate surface area is 162 Å². The molecule has 0 aromatic heterocycles. The SMILES string of the molecule is C[C@@H]1CN(S(=O)(=O)NCc2ccccc2CN2CCC[C@@H]2CO)C[C@H](C)O1. The molecule has 7 nitrogen and oxygen atoms in total. The van der Waals surface area contributed by atoms with Gasteiger partial charge in [0, 0.05) is 32.2 Å². The minimum absolute atomic E-state index is 0.108. The number of aliphatic hydroxyl groups excluding tert-OH is 1. The van der Waals surface area contributed by atoms with Gasteiger partial charge in [-0.3, -0.25) is 4.90 Å². The molecule has 0 spiro atoms. The van der Waals surface area contributed by atoms with E-state index in [1.807, 2.05) is 38.1 Å². The summed E-state index contributed by atoms with van der Waals surface area (Å²) in [6.45, 7) is 6.64. The van der Waals surface area contributed by atoms with Crippen molar-refractivity contribution >= 4 is 10.2 Å². The van der Waals surface area contributed by atoms with E-state index >= 15 is 0 Å². The molecule has 0 unspecified atom stereocenters. The van der Waals surface area contributed by atoms with Gasteiger partial charge in [0.15, 0.2) is 0 Å². The fourth-order valence-corrected chi connectivity index (χ4v) is 5.33. The number of morpholine rings is 1. The van der Waals surface area contributed by atoms with Gasteiger partial charge in [-0.05, 0) is 44.4 Å². The third-order valence-corrected chi connectivity index (χ3v) is 6.86. The molecule has 27 heavy (non-hydrogen) atoms. The van der Waals surface area contributed by atoms with Crippen molar-refractivity contribution in [3.05, 3.63) is 35.4 Å². The summed E-state index contributed by atoms with van der Waals surface area (Å²) in [6.07, 6.45) is 1.89. The van der Waals surface area contributed by atoms with Gasteiger partial charge in [0.25, 0.3) is 10.2 Å². The Bertz CT molecular complexity index is 717. The topological polar surface area (TPSA) is 82.1 Å². The number of hydrogen-bond acceptors (Lipinski definition) is 5. The van der Waals surface area contributed by atoms with E-state index in [1.165, 1.54) is 4.31 Å². The molecular weight excluding hydrogens is 366 g/mol. The molecule has 1 aromatic rings. The molecule has 2 heterocycles. The summed E-state index contributed by atoms with van der Waals surface area (Å²) >= 11 is 0. The maximum absolute atomic E-state index is 12.7. The van der Waals surface area contributed by atoms with Crippen molar-refractivity contribution in [1.29, 1.82) is 0 Å². The quantitative estimate of drug-likeness (QED) is 0.720. The monoisotopic (exact) mass is 397 g/mol. The van der Waals surface area contributed by atoms with E-state index in [4.69, 9.17) is 4.74 Å². The predicted molar refractivity (Wildman–Crippen MR) is 104 cm³/mol. The van der Waals surface area contributed by atoms with Crippen molar-refractivity contribution in [3.8, 4) is 0 Å². The lowest BCUT2D eigenvalue weighted by molar-refractivity contribution is -0.0444. The highest BCUT2D eigenvalue weighted by molar-refractivity contribution is 7.87. The zero-order valence-electron chi connectivity index (χ0n) is 16.2. The Morgan fingerprint density at radius 1 is 1.19 bits per heavy atom. The molecular formula is C19H31N3O4S. The predicted octanol–water partition coefficient (Wildman–Crippen LogP) is 1.09. The molecule has 0 saturated carbocycles. The number of nitrogens with zero attached hydrogens (tertiary/aromatic N) is 2. The van der Waals surface area contributed by atoms with Crippen LogP contribution in [0.5, 0.6) is 0 Å². The Morgan fingerprint density at radius 2 is 1.85 bits per heavy atom. The summed E-state index contributed by atoms with van der Waals surface area (Å²) in [5.74, 6) is 0. The van der Waals surface area contributed by atoms with Gasteiger partial charge in [-0.2, -0.15) is 17.4 Å². The smallest absolute Gasteiger partial charge is 0.279 e. The average molecular weight is 398 g/mol. The van der Waals surface area contributed by atoms with E-state index in [-0.39, 0.29) is 31.4 Å². The second kappa shape index (κ2) is 8.98. The van der Waals surface area contributed by atoms with E-state index in [1.54, 1.807) is 0 Å². The van der Waals surface area contributed by atoms with Crippen LogP contribution in [0.15, 0.2) is 24.3 Å². The van der Waals surface area contributed by atoms with Gasteiger partial charge in [0.1, 0.15) is 0 Å². The van der Waals surface area contributed by atoms with Crippen molar-refractivity contribution < 1.29 is 18.3 Å². The van der Waals surface area contributed by atoms with Crippen LogP contribution in [0.25, 0.3) is 0 Å². The second-order valence-corrected chi connectivity index (χ2v) is 9.37. The first kappa shape index (κ1) is 20.7. The summed E-state index contributed by atoms with van der Waals surface area (Å²) < 4.78 is 35.3. The van der Waals surface area contributed by atoms with Crippen molar-refractivity contribution in [2.24, 2.45) is 0 Å². The van der Waals surface area contributed by atoms with Gasteiger partial charge in [0.05, 0.1) is 18.8 Å². The molecule has 2 N–H and O–H groups in total. The van der Waals surface area contributed by atoms with Crippen LogP contribution in [-0.2, 0) is 28.0 Å². The van der Waals surface area contributed by atoms with Crippen LogP contribution in [0.2, 0.25) is 0 Å². The van der Waals surface area contributed by atoms with Gasteiger partial charge in [-0.25, -0.2) is 0 Å². The first-order valence-corrected chi connectivity index (χ1v) is 11.1.